The quantitative estimate of drug-likeness (QED) is 0.804. The number of nitrogens with zero attached hydrogens (tertiary/aromatic N) is 3. The number of aromatic nitrogens is 3. The van der Waals surface area contributed by atoms with Crippen molar-refractivity contribution < 1.29 is 4.74 Å². The van der Waals surface area contributed by atoms with E-state index in [1.165, 1.54) is 5.56 Å². The molecule has 1 aromatic carbocycles. The van der Waals surface area contributed by atoms with Crippen molar-refractivity contribution in [3.8, 4) is 11.7 Å². The van der Waals surface area contributed by atoms with E-state index in [0.29, 0.717) is 18.6 Å². The van der Waals surface area contributed by atoms with Gasteiger partial charge >= 0.3 is 0 Å². The molecule has 1 N–H and O–H groups in total. The minimum absolute atomic E-state index is 0.310. The van der Waals surface area contributed by atoms with Crippen LogP contribution in [0, 0.1) is 0 Å². The Bertz CT molecular complexity index is 784. The van der Waals surface area contributed by atoms with E-state index in [1.807, 2.05) is 35.0 Å². The molecular formula is C18H18N4O. The smallest absolute Gasteiger partial charge is 0.233 e. The van der Waals surface area contributed by atoms with Crippen LogP contribution in [-0.4, -0.2) is 27.2 Å². The van der Waals surface area contributed by atoms with E-state index in [2.05, 4.69) is 33.5 Å². The topological polar surface area (TPSA) is 52.0 Å². The van der Waals surface area contributed by atoms with Gasteiger partial charge in [-0.25, -0.2) is 9.97 Å². The highest BCUT2D eigenvalue weighted by molar-refractivity contribution is 5.35. The van der Waals surface area contributed by atoms with Crippen molar-refractivity contribution in [3.05, 3.63) is 72.3 Å². The third kappa shape index (κ3) is 2.96. The van der Waals surface area contributed by atoms with Crippen LogP contribution in [0.25, 0.3) is 5.95 Å². The van der Waals surface area contributed by atoms with Crippen molar-refractivity contribution in [3.63, 3.8) is 0 Å². The van der Waals surface area contributed by atoms with Crippen molar-refractivity contribution in [2.75, 3.05) is 6.61 Å². The second kappa shape index (κ2) is 6.22. The zero-order valence-electron chi connectivity index (χ0n) is 12.7. The molecule has 0 spiro atoms. The zero-order valence-corrected chi connectivity index (χ0v) is 12.7. The Kier molecular flexibility index (Phi) is 3.78. The molecule has 1 aliphatic heterocycles. The van der Waals surface area contributed by atoms with Crippen LogP contribution in [0.15, 0.2) is 61.1 Å². The highest BCUT2D eigenvalue weighted by Gasteiger charge is 2.19. The number of benzene rings is 1. The largest absolute Gasteiger partial charge is 0.492 e. The first-order valence-electron chi connectivity index (χ1n) is 7.78. The van der Waals surface area contributed by atoms with Crippen LogP contribution in [-0.2, 0) is 13.0 Å². The van der Waals surface area contributed by atoms with Crippen molar-refractivity contribution in [2.45, 2.75) is 19.0 Å². The summed E-state index contributed by atoms with van der Waals surface area (Å²) in [4.78, 5) is 8.61. The lowest BCUT2D eigenvalue weighted by Crippen LogP contribution is -2.39. The summed E-state index contributed by atoms with van der Waals surface area (Å²) in [5.41, 5.74) is 2.40. The minimum atomic E-state index is 0.310. The van der Waals surface area contributed by atoms with Crippen LogP contribution in [0.4, 0.5) is 0 Å². The molecule has 0 aliphatic carbocycles. The molecule has 0 saturated carbocycles. The SMILES string of the molecule is c1cnc(-n2cccc2CNC2COc3ccccc3C2)nc1. The molecule has 0 fully saturated rings. The van der Waals surface area contributed by atoms with Gasteiger partial charge in [0, 0.05) is 36.9 Å². The first-order valence-corrected chi connectivity index (χ1v) is 7.78. The van der Waals surface area contributed by atoms with Crippen LogP contribution in [0.5, 0.6) is 5.75 Å². The van der Waals surface area contributed by atoms with Gasteiger partial charge < -0.3 is 10.1 Å². The highest BCUT2D eigenvalue weighted by atomic mass is 16.5. The van der Waals surface area contributed by atoms with Crippen molar-refractivity contribution in [2.24, 2.45) is 0 Å². The second-order valence-corrected chi connectivity index (χ2v) is 5.62. The number of fused-ring (bicyclic) bond motifs is 1. The summed E-state index contributed by atoms with van der Waals surface area (Å²) in [6, 6.07) is 14.5. The maximum absolute atomic E-state index is 5.83. The van der Waals surface area contributed by atoms with E-state index in [4.69, 9.17) is 4.74 Å². The lowest BCUT2D eigenvalue weighted by atomic mass is 10.0. The lowest BCUT2D eigenvalue weighted by molar-refractivity contribution is 0.237. The summed E-state index contributed by atoms with van der Waals surface area (Å²) >= 11 is 0. The van der Waals surface area contributed by atoms with E-state index in [-0.39, 0.29) is 0 Å². The average Bonchev–Trinajstić information content (AvgIpc) is 3.09. The Morgan fingerprint density at radius 2 is 1.96 bits per heavy atom. The fourth-order valence-electron chi connectivity index (χ4n) is 2.88. The third-order valence-corrected chi connectivity index (χ3v) is 4.05. The Hall–Kier alpha value is -2.66. The molecule has 5 heteroatoms. The maximum atomic E-state index is 5.83. The summed E-state index contributed by atoms with van der Waals surface area (Å²) in [6.07, 6.45) is 6.48. The monoisotopic (exact) mass is 306 g/mol. The number of para-hydroxylation sites is 1. The van der Waals surface area contributed by atoms with Gasteiger partial charge in [0.2, 0.25) is 5.95 Å². The molecule has 0 radical (unpaired) electrons. The van der Waals surface area contributed by atoms with Gasteiger partial charge in [0.15, 0.2) is 0 Å². The summed E-state index contributed by atoms with van der Waals surface area (Å²) in [5.74, 6) is 1.70. The Morgan fingerprint density at radius 1 is 1.09 bits per heavy atom. The van der Waals surface area contributed by atoms with E-state index < -0.39 is 0 Å². The van der Waals surface area contributed by atoms with Crippen molar-refractivity contribution >= 4 is 0 Å². The van der Waals surface area contributed by atoms with Gasteiger partial charge in [-0.3, -0.25) is 4.57 Å². The van der Waals surface area contributed by atoms with E-state index in [1.54, 1.807) is 12.4 Å². The predicted molar refractivity (Wildman–Crippen MR) is 87.6 cm³/mol. The molecule has 23 heavy (non-hydrogen) atoms. The lowest BCUT2D eigenvalue weighted by Gasteiger charge is -2.26. The summed E-state index contributed by atoms with van der Waals surface area (Å²) in [6.45, 7) is 1.45. The van der Waals surface area contributed by atoms with Crippen LogP contribution >= 0.6 is 0 Å². The third-order valence-electron chi connectivity index (χ3n) is 4.05. The van der Waals surface area contributed by atoms with Crippen LogP contribution < -0.4 is 10.1 Å². The zero-order chi connectivity index (χ0) is 15.5. The van der Waals surface area contributed by atoms with Crippen LogP contribution in [0.2, 0.25) is 0 Å². The van der Waals surface area contributed by atoms with Crippen molar-refractivity contribution in [1.82, 2.24) is 19.9 Å². The molecule has 3 heterocycles. The molecule has 0 bridgehead atoms. The average molecular weight is 306 g/mol. The van der Waals surface area contributed by atoms with E-state index in [0.717, 1.165) is 24.4 Å². The van der Waals surface area contributed by atoms with Gasteiger partial charge in [-0.2, -0.15) is 0 Å². The second-order valence-electron chi connectivity index (χ2n) is 5.62. The van der Waals surface area contributed by atoms with Gasteiger partial charge in [-0.15, -0.1) is 0 Å². The first kappa shape index (κ1) is 14.0. The van der Waals surface area contributed by atoms with Gasteiger partial charge in [0.1, 0.15) is 12.4 Å². The normalized spacial score (nSPS) is 16.6. The van der Waals surface area contributed by atoms with Crippen molar-refractivity contribution in [1.29, 1.82) is 0 Å². The summed E-state index contributed by atoms with van der Waals surface area (Å²) < 4.78 is 7.83. The number of rotatable bonds is 4. The Balaban J connectivity index is 1.44. The van der Waals surface area contributed by atoms with Gasteiger partial charge in [-0.1, -0.05) is 18.2 Å². The van der Waals surface area contributed by atoms with E-state index >= 15 is 0 Å². The van der Waals surface area contributed by atoms with Crippen LogP contribution in [0.1, 0.15) is 11.3 Å². The van der Waals surface area contributed by atoms with E-state index in [9.17, 15) is 0 Å². The number of hydrogen-bond acceptors (Lipinski definition) is 4. The first-order chi connectivity index (χ1) is 11.4. The Labute approximate surface area is 135 Å². The molecule has 1 aliphatic rings. The molecule has 4 rings (SSSR count). The Morgan fingerprint density at radius 3 is 2.87 bits per heavy atom. The van der Waals surface area contributed by atoms with Gasteiger partial charge in [-0.05, 0) is 36.2 Å². The molecule has 3 aromatic rings. The fourth-order valence-corrected chi connectivity index (χ4v) is 2.88. The minimum Gasteiger partial charge on any atom is -0.492 e. The molecule has 0 amide bonds. The number of nitrogens with one attached hydrogen (secondary N) is 1. The highest BCUT2D eigenvalue weighted by Crippen LogP contribution is 2.24. The molecule has 2 aromatic heterocycles. The summed E-state index contributed by atoms with van der Waals surface area (Å²) in [5, 5.41) is 3.57. The predicted octanol–water partition coefficient (Wildman–Crippen LogP) is 2.36. The van der Waals surface area contributed by atoms with Gasteiger partial charge in [0.25, 0.3) is 0 Å². The maximum Gasteiger partial charge on any atom is 0.233 e. The van der Waals surface area contributed by atoms with Gasteiger partial charge in [0.05, 0.1) is 0 Å². The standard InChI is InChI=1S/C18H18N4O/c1-2-7-17-14(5-1)11-15(13-23-17)21-12-16-6-3-10-22(16)18-19-8-4-9-20-18/h1-10,15,21H,11-13H2. The van der Waals surface area contributed by atoms with Crippen LogP contribution in [0.3, 0.4) is 0 Å². The summed E-state index contributed by atoms with van der Waals surface area (Å²) in [7, 11) is 0. The number of hydrogen-bond donors (Lipinski definition) is 1. The molecule has 0 saturated heterocycles. The molecule has 116 valence electrons. The molecule has 1 unspecified atom stereocenters. The molecular weight excluding hydrogens is 288 g/mol. The fraction of sp³-hybridized carbons (Fsp3) is 0.222. The molecule has 1 atom stereocenters. The number of ether oxygens (including phenoxy) is 1. The molecule has 5 nitrogen and oxygen atoms in total.